The minimum atomic E-state index is 0.0127. The maximum absolute atomic E-state index is 12.3. The van der Waals surface area contributed by atoms with Crippen molar-refractivity contribution in [2.75, 3.05) is 26.3 Å². The van der Waals surface area contributed by atoms with Crippen LogP contribution in [0.4, 0.5) is 0 Å². The fourth-order valence-corrected chi connectivity index (χ4v) is 3.59. The molecule has 1 fully saturated rings. The van der Waals surface area contributed by atoms with Crippen molar-refractivity contribution in [2.45, 2.75) is 20.0 Å². The first-order chi connectivity index (χ1) is 11.2. The van der Waals surface area contributed by atoms with Crippen molar-refractivity contribution in [1.29, 1.82) is 0 Å². The number of carbonyl (C=O) groups excluding carboxylic acids is 1. The monoisotopic (exact) mass is 330 g/mol. The number of nitrogens with one attached hydrogen (secondary N) is 1. The fourth-order valence-electron chi connectivity index (χ4n) is 2.75. The molecule has 0 bridgehead atoms. The Balaban J connectivity index is 1.63. The van der Waals surface area contributed by atoms with Gasteiger partial charge >= 0.3 is 0 Å². The van der Waals surface area contributed by atoms with E-state index in [1.165, 1.54) is 22.5 Å². The predicted octanol–water partition coefficient (Wildman–Crippen LogP) is 2.82. The molecular formula is C18H22N2O2S. The zero-order chi connectivity index (χ0) is 16.1. The van der Waals surface area contributed by atoms with Gasteiger partial charge in [0.1, 0.15) is 0 Å². The van der Waals surface area contributed by atoms with Gasteiger partial charge in [0.05, 0.1) is 18.1 Å². The summed E-state index contributed by atoms with van der Waals surface area (Å²) in [6.45, 7) is 6.99. The molecule has 1 aromatic carbocycles. The zero-order valence-electron chi connectivity index (χ0n) is 13.4. The minimum Gasteiger partial charge on any atom is -0.379 e. The van der Waals surface area contributed by atoms with Crippen LogP contribution >= 0.6 is 11.3 Å². The summed E-state index contributed by atoms with van der Waals surface area (Å²) in [7, 11) is 0. The van der Waals surface area contributed by atoms with Crippen molar-refractivity contribution in [3.8, 4) is 0 Å². The normalized spacial score (nSPS) is 15.5. The van der Waals surface area contributed by atoms with E-state index in [2.05, 4.69) is 28.4 Å². The Hall–Kier alpha value is -1.69. The predicted molar refractivity (Wildman–Crippen MR) is 92.8 cm³/mol. The van der Waals surface area contributed by atoms with Crippen molar-refractivity contribution in [3.05, 3.63) is 57.3 Å². The maximum atomic E-state index is 12.3. The molecule has 0 radical (unpaired) electrons. The second-order valence-electron chi connectivity index (χ2n) is 5.77. The number of nitrogens with zero attached hydrogens (tertiary/aromatic N) is 1. The van der Waals surface area contributed by atoms with Gasteiger partial charge in [-0.25, -0.2) is 0 Å². The van der Waals surface area contributed by atoms with Crippen LogP contribution in [-0.4, -0.2) is 37.1 Å². The second-order valence-corrected chi connectivity index (χ2v) is 6.69. The number of hydrogen-bond donors (Lipinski definition) is 1. The molecule has 23 heavy (non-hydrogen) atoms. The van der Waals surface area contributed by atoms with E-state index in [4.69, 9.17) is 4.74 Å². The lowest BCUT2D eigenvalue weighted by molar-refractivity contribution is 0.0340. The number of amides is 1. The molecule has 1 saturated heterocycles. The summed E-state index contributed by atoms with van der Waals surface area (Å²) in [5.41, 5.74) is 3.49. The van der Waals surface area contributed by atoms with E-state index < -0.39 is 0 Å². The van der Waals surface area contributed by atoms with E-state index in [1.54, 1.807) is 0 Å². The molecule has 1 aliphatic rings. The lowest BCUT2D eigenvalue weighted by Crippen LogP contribution is -2.36. The highest BCUT2D eigenvalue weighted by Gasteiger charge is 2.14. The first kappa shape index (κ1) is 16.2. The Kier molecular flexibility index (Phi) is 5.43. The highest BCUT2D eigenvalue weighted by Crippen LogP contribution is 2.16. The number of benzene rings is 1. The van der Waals surface area contributed by atoms with E-state index in [-0.39, 0.29) is 5.91 Å². The van der Waals surface area contributed by atoms with Crippen LogP contribution in [0.15, 0.2) is 35.7 Å². The largest absolute Gasteiger partial charge is 0.379 e. The van der Waals surface area contributed by atoms with E-state index >= 15 is 0 Å². The summed E-state index contributed by atoms with van der Waals surface area (Å²) in [5, 5.41) is 5.00. The van der Waals surface area contributed by atoms with Crippen molar-refractivity contribution >= 4 is 17.2 Å². The molecule has 0 atom stereocenters. The van der Waals surface area contributed by atoms with Crippen LogP contribution < -0.4 is 5.32 Å². The van der Waals surface area contributed by atoms with Gasteiger partial charge in [0.15, 0.2) is 0 Å². The average molecular weight is 330 g/mol. The molecule has 4 nitrogen and oxygen atoms in total. The highest BCUT2D eigenvalue weighted by molar-refractivity contribution is 7.12. The Bertz CT molecular complexity index is 663. The summed E-state index contributed by atoms with van der Waals surface area (Å²) in [4.78, 5) is 15.5. The van der Waals surface area contributed by atoms with Crippen LogP contribution in [0.25, 0.3) is 0 Å². The van der Waals surface area contributed by atoms with Crippen LogP contribution in [0.3, 0.4) is 0 Å². The van der Waals surface area contributed by atoms with Crippen LogP contribution in [0.5, 0.6) is 0 Å². The van der Waals surface area contributed by atoms with Crippen LogP contribution in [0, 0.1) is 6.92 Å². The van der Waals surface area contributed by atoms with Crippen LogP contribution in [-0.2, 0) is 17.8 Å². The number of carbonyl (C=O) groups is 1. The molecule has 0 aliphatic carbocycles. The first-order valence-electron chi connectivity index (χ1n) is 7.93. The molecule has 2 aromatic rings. The van der Waals surface area contributed by atoms with Gasteiger partial charge in [-0.3, -0.25) is 9.69 Å². The van der Waals surface area contributed by atoms with E-state index in [1.807, 2.05) is 24.4 Å². The minimum absolute atomic E-state index is 0.0127. The van der Waals surface area contributed by atoms with Crippen LogP contribution in [0.2, 0.25) is 0 Å². The molecule has 1 aromatic heterocycles. The average Bonchev–Trinajstić information content (AvgIpc) is 3.01. The third-order valence-corrected chi connectivity index (χ3v) is 5.14. The highest BCUT2D eigenvalue weighted by atomic mass is 32.1. The molecule has 0 unspecified atom stereocenters. The van der Waals surface area contributed by atoms with Gasteiger partial charge < -0.3 is 10.1 Å². The lowest BCUT2D eigenvalue weighted by Gasteiger charge is -2.27. The smallest absolute Gasteiger partial charge is 0.261 e. The molecular weight excluding hydrogens is 308 g/mol. The molecule has 122 valence electrons. The van der Waals surface area contributed by atoms with E-state index in [0.717, 1.165) is 43.3 Å². The number of thiophene rings is 1. The van der Waals surface area contributed by atoms with Gasteiger partial charge in [0.25, 0.3) is 5.91 Å². The molecule has 1 aliphatic heterocycles. The lowest BCUT2D eigenvalue weighted by atomic mass is 10.1. The number of hydrogen-bond acceptors (Lipinski definition) is 4. The number of morpholine rings is 1. The molecule has 1 amide bonds. The Morgan fingerprint density at radius 1 is 1.22 bits per heavy atom. The standard InChI is InChI=1S/C18H22N2O2S/c1-14-6-11-23-17(14)18(21)19-12-15-4-2-3-5-16(15)13-20-7-9-22-10-8-20/h2-6,11H,7-10,12-13H2,1H3,(H,19,21). The fraction of sp³-hybridized carbons (Fsp3) is 0.389. The number of ether oxygens (including phenoxy) is 1. The molecule has 2 heterocycles. The number of rotatable bonds is 5. The van der Waals surface area contributed by atoms with Crippen LogP contribution in [0.1, 0.15) is 26.4 Å². The van der Waals surface area contributed by atoms with E-state index in [0.29, 0.717) is 6.54 Å². The summed E-state index contributed by atoms with van der Waals surface area (Å²) >= 11 is 1.49. The van der Waals surface area contributed by atoms with Gasteiger partial charge in [-0.1, -0.05) is 24.3 Å². The maximum Gasteiger partial charge on any atom is 0.261 e. The first-order valence-corrected chi connectivity index (χ1v) is 8.81. The van der Waals surface area contributed by atoms with Gasteiger partial charge in [-0.2, -0.15) is 0 Å². The van der Waals surface area contributed by atoms with E-state index in [9.17, 15) is 4.79 Å². The molecule has 1 N–H and O–H groups in total. The third-order valence-electron chi connectivity index (χ3n) is 4.12. The number of aryl methyl sites for hydroxylation is 1. The molecule has 0 saturated carbocycles. The summed E-state index contributed by atoms with van der Waals surface area (Å²) in [5.74, 6) is 0.0127. The summed E-state index contributed by atoms with van der Waals surface area (Å²) < 4.78 is 5.40. The van der Waals surface area contributed by atoms with Gasteiger partial charge in [-0.05, 0) is 35.1 Å². The third kappa shape index (κ3) is 4.19. The Morgan fingerprint density at radius 3 is 2.65 bits per heavy atom. The molecule has 3 rings (SSSR count). The van der Waals surface area contributed by atoms with Crippen molar-refractivity contribution < 1.29 is 9.53 Å². The molecule has 5 heteroatoms. The summed E-state index contributed by atoms with van der Waals surface area (Å²) in [6.07, 6.45) is 0. The van der Waals surface area contributed by atoms with Gasteiger partial charge in [0.2, 0.25) is 0 Å². The quantitative estimate of drug-likeness (QED) is 0.916. The van der Waals surface area contributed by atoms with Crippen molar-refractivity contribution in [2.24, 2.45) is 0 Å². The van der Waals surface area contributed by atoms with Gasteiger partial charge in [-0.15, -0.1) is 11.3 Å². The SMILES string of the molecule is Cc1ccsc1C(=O)NCc1ccccc1CN1CCOCC1. The Labute approximate surface area is 141 Å². The topological polar surface area (TPSA) is 41.6 Å². The molecule has 0 spiro atoms. The zero-order valence-corrected chi connectivity index (χ0v) is 14.2. The van der Waals surface area contributed by atoms with Gasteiger partial charge in [0, 0.05) is 26.2 Å². The Morgan fingerprint density at radius 2 is 1.96 bits per heavy atom. The second kappa shape index (κ2) is 7.73. The van der Waals surface area contributed by atoms with Crippen molar-refractivity contribution in [1.82, 2.24) is 10.2 Å². The van der Waals surface area contributed by atoms with Crippen molar-refractivity contribution in [3.63, 3.8) is 0 Å². The summed E-state index contributed by atoms with van der Waals surface area (Å²) in [6, 6.07) is 10.3.